The number of carbonyl (C=O) groups excluding carboxylic acids is 2. The Morgan fingerprint density at radius 3 is 2.55 bits per heavy atom. The van der Waals surface area contributed by atoms with Crippen LogP contribution < -0.4 is 0 Å². The average Bonchev–Trinajstić information content (AvgIpc) is 2.96. The summed E-state index contributed by atoms with van der Waals surface area (Å²) in [6.07, 6.45) is 0.637. The van der Waals surface area contributed by atoms with Crippen LogP contribution in [0.25, 0.3) is 0 Å². The van der Waals surface area contributed by atoms with Crippen molar-refractivity contribution >= 4 is 11.9 Å². The number of carbonyl (C=O) groups is 2. The van der Waals surface area contributed by atoms with Crippen LogP contribution >= 0.6 is 0 Å². The molecule has 0 spiro atoms. The summed E-state index contributed by atoms with van der Waals surface area (Å²) in [4.78, 5) is 24.8. The molecule has 3 aliphatic heterocycles. The Balaban J connectivity index is 1.85. The summed E-state index contributed by atoms with van der Waals surface area (Å²) in [6, 6.07) is 0. The van der Waals surface area contributed by atoms with Crippen LogP contribution in [0.5, 0.6) is 0 Å². The van der Waals surface area contributed by atoms with E-state index in [0.29, 0.717) is 19.3 Å². The van der Waals surface area contributed by atoms with Gasteiger partial charge in [0, 0.05) is 25.2 Å². The molecule has 1 saturated carbocycles. The van der Waals surface area contributed by atoms with Gasteiger partial charge in [-0.1, -0.05) is 6.92 Å². The van der Waals surface area contributed by atoms with E-state index in [2.05, 4.69) is 0 Å². The number of aliphatic hydroxyl groups excluding tert-OH is 1. The second-order valence-electron chi connectivity index (χ2n) is 10.4. The lowest BCUT2D eigenvalue weighted by molar-refractivity contribution is -0.182. The van der Waals surface area contributed by atoms with Gasteiger partial charge in [-0.2, -0.15) is 0 Å². The molecule has 0 amide bonds. The first kappa shape index (κ1) is 21.1. The zero-order chi connectivity index (χ0) is 21.4. The van der Waals surface area contributed by atoms with Crippen LogP contribution in [-0.2, 0) is 23.8 Å². The van der Waals surface area contributed by atoms with Crippen LogP contribution in [-0.4, -0.2) is 57.3 Å². The van der Waals surface area contributed by atoms with E-state index >= 15 is 0 Å². The van der Waals surface area contributed by atoms with Crippen LogP contribution in [0.1, 0.15) is 66.7 Å². The molecule has 0 unspecified atom stereocenters. The van der Waals surface area contributed by atoms with Crippen molar-refractivity contribution in [3.8, 4) is 0 Å². The second-order valence-corrected chi connectivity index (χ2v) is 10.4. The fourth-order valence-corrected chi connectivity index (χ4v) is 6.69. The van der Waals surface area contributed by atoms with Gasteiger partial charge in [0.2, 0.25) is 0 Å². The molecule has 0 radical (unpaired) electrons. The third kappa shape index (κ3) is 3.20. The lowest BCUT2D eigenvalue weighted by atomic mass is 9.57. The summed E-state index contributed by atoms with van der Waals surface area (Å²) in [7, 11) is 0. The standard InChI is InChI=1S/C22H34O7/c1-11-13-6-8-21(4,28-12(2)23)17-14-10-20(3,26)15(24)7-9-22(5,29-19(11)25)18(27-14)16(13)17/h11,13-18,24,26H,6-10H2,1-5H3/t11-,13+,14+,15-,16+,17+,18+,20-,21-,22+/m0/s1. The van der Waals surface area contributed by atoms with Crippen LogP contribution in [0.15, 0.2) is 0 Å². The predicted octanol–water partition coefficient (Wildman–Crippen LogP) is 1.97. The molecule has 4 rings (SSSR count). The molecule has 3 saturated heterocycles. The summed E-state index contributed by atoms with van der Waals surface area (Å²) < 4.78 is 18.4. The highest BCUT2D eigenvalue weighted by Gasteiger charge is 2.67. The highest BCUT2D eigenvalue weighted by atomic mass is 16.6. The first-order chi connectivity index (χ1) is 13.4. The smallest absolute Gasteiger partial charge is 0.309 e. The maximum atomic E-state index is 12.9. The normalized spacial score (nSPS) is 54.4. The van der Waals surface area contributed by atoms with E-state index in [1.807, 2.05) is 20.8 Å². The first-order valence-electron chi connectivity index (χ1n) is 10.9. The van der Waals surface area contributed by atoms with E-state index in [4.69, 9.17) is 14.2 Å². The molecule has 1 aliphatic carbocycles. The van der Waals surface area contributed by atoms with Gasteiger partial charge in [-0.25, -0.2) is 0 Å². The van der Waals surface area contributed by atoms with Crippen LogP contribution in [0.4, 0.5) is 0 Å². The van der Waals surface area contributed by atoms with Gasteiger partial charge in [0.1, 0.15) is 17.3 Å². The SMILES string of the molecule is CC(=O)O[C@@]1(C)CC[C@H]2[C@@H]3[C@H]1[C@H]1C[C@](C)(O)[C@@H](O)CC[C@@](C)(OC(=O)[C@H]2C)[C@@H]3O1. The highest BCUT2D eigenvalue weighted by Crippen LogP contribution is 2.59. The Labute approximate surface area is 172 Å². The summed E-state index contributed by atoms with van der Waals surface area (Å²) in [5.41, 5.74) is -2.99. The van der Waals surface area contributed by atoms with Gasteiger partial charge in [-0.05, 0) is 52.4 Å². The van der Waals surface area contributed by atoms with Crippen LogP contribution in [0.3, 0.4) is 0 Å². The van der Waals surface area contributed by atoms with Gasteiger partial charge >= 0.3 is 11.9 Å². The number of hydrogen-bond acceptors (Lipinski definition) is 7. The van der Waals surface area contributed by atoms with Gasteiger partial charge < -0.3 is 24.4 Å². The topological polar surface area (TPSA) is 102 Å². The largest absolute Gasteiger partial charge is 0.459 e. The molecule has 29 heavy (non-hydrogen) atoms. The summed E-state index contributed by atoms with van der Waals surface area (Å²) in [6.45, 7) is 8.79. The van der Waals surface area contributed by atoms with Gasteiger partial charge in [0.25, 0.3) is 0 Å². The molecule has 10 atom stereocenters. The van der Waals surface area contributed by atoms with Gasteiger partial charge in [-0.15, -0.1) is 0 Å². The molecule has 3 heterocycles. The molecule has 4 aliphatic rings. The summed E-state index contributed by atoms with van der Waals surface area (Å²) in [5, 5.41) is 21.7. The van der Waals surface area contributed by atoms with Crippen molar-refractivity contribution in [1.82, 2.24) is 0 Å². The third-order valence-corrected chi connectivity index (χ3v) is 8.23. The molecule has 4 fully saturated rings. The molecule has 0 aromatic carbocycles. The minimum Gasteiger partial charge on any atom is -0.459 e. The maximum Gasteiger partial charge on any atom is 0.309 e. The Kier molecular flexibility index (Phi) is 4.84. The van der Waals surface area contributed by atoms with Crippen molar-refractivity contribution in [2.24, 2.45) is 23.7 Å². The van der Waals surface area contributed by atoms with E-state index in [0.717, 1.165) is 6.42 Å². The average molecular weight is 411 g/mol. The van der Waals surface area contributed by atoms with E-state index in [9.17, 15) is 19.8 Å². The van der Waals surface area contributed by atoms with Crippen molar-refractivity contribution < 1.29 is 34.0 Å². The van der Waals surface area contributed by atoms with Gasteiger partial charge in [-0.3, -0.25) is 9.59 Å². The number of rotatable bonds is 1. The minimum absolute atomic E-state index is 0.0180. The quantitative estimate of drug-likeness (QED) is 0.637. The lowest BCUT2D eigenvalue weighted by Crippen LogP contribution is -2.56. The third-order valence-electron chi connectivity index (χ3n) is 8.23. The Bertz CT molecular complexity index is 705. The van der Waals surface area contributed by atoms with Crippen LogP contribution in [0.2, 0.25) is 0 Å². The Morgan fingerprint density at radius 2 is 1.90 bits per heavy atom. The number of fused-ring (bicyclic) bond motifs is 2. The molecule has 7 heteroatoms. The van der Waals surface area contributed by atoms with E-state index in [1.54, 1.807) is 6.92 Å². The number of aliphatic hydroxyl groups is 2. The van der Waals surface area contributed by atoms with Crippen molar-refractivity contribution in [1.29, 1.82) is 0 Å². The van der Waals surface area contributed by atoms with Crippen molar-refractivity contribution in [3.05, 3.63) is 0 Å². The molecule has 0 aromatic heterocycles. The minimum atomic E-state index is -1.34. The zero-order valence-corrected chi connectivity index (χ0v) is 18.0. The molecule has 2 N–H and O–H groups in total. The van der Waals surface area contributed by atoms with Crippen molar-refractivity contribution in [3.63, 3.8) is 0 Å². The monoisotopic (exact) mass is 410 g/mol. The maximum absolute atomic E-state index is 12.9. The number of esters is 2. The molecule has 7 nitrogen and oxygen atoms in total. The zero-order valence-electron chi connectivity index (χ0n) is 18.0. The van der Waals surface area contributed by atoms with E-state index in [1.165, 1.54) is 6.92 Å². The molecule has 2 bridgehead atoms. The summed E-state index contributed by atoms with van der Waals surface area (Å²) in [5.74, 6) is -0.977. The Morgan fingerprint density at radius 1 is 1.21 bits per heavy atom. The lowest BCUT2D eigenvalue weighted by Gasteiger charge is -2.49. The molecular formula is C22H34O7. The van der Waals surface area contributed by atoms with E-state index < -0.39 is 29.0 Å². The highest BCUT2D eigenvalue weighted by molar-refractivity contribution is 5.73. The first-order valence-corrected chi connectivity index (χ1v) is 10.9. The Hall–Kier alpha value is -1.18. The van der Waals surface area contributed by atoms with Crippen molar-refractivity contribution in [2.45, 2.75) is 102 Å². The fourth-order valence-electron chi connectivity index (χ4n) is 6.69. The molecule has 164 valence electrons. The number of ether oxygens (including phenoxy) is 3. The van der Waals surface area contributed by atoms with Gasteiger partial charge in [0.15, 0.2) is 0 Å². The van der Waals surface area contributed by atoms with E-state index in [-0.39, 0.29) is 48.1 Å². The van der Waals surface area contributed by atoms with Crippen LogP contribution in [0, 0.1) is 23.7 Å². The number of hydrogen-bond donors (Lipinski definition) is 2. The summed E-state index contributed by atoms with van der Waals surface area (Å²) >= 11 is 0. The molecular weight excluding hydrogens is 376 g/mol. The second kappa shape index (κ2) is 6.66. The molecule has 0 aromatic rings. The fraction of sp³-hybridized carbons (Fsp3) is 0.909. The van der Waals surface area contributed by atoms with Crippen molar-refractivity contribution in [2.75, 3.05) is 0 Å². The van der Waals surface area contributed by atoms with Gasteiger partial charge in [0.05, 0.1) is 23.7 Å². The predicted molar refractivity (Wildman–Crippen MR) is 103 cm³/mol.